The summed E-state index contributed by atoms with van der Waals surface area (Å²) in [5.74, 6) is 1.02. The van der Waals surface area contributed by atoms with Gasteiger partial charge in [0.25, 0.3) is 5.91 Å². The lowest BCUT2D eigenvalue weighted by Gasteiger charge is -2.15. The zero-order chi connectivity index (χ0) is 24.9. The highest BCUT2D eigenvalue weighted by atomic mass is 79.9. The number of benzene rings is 3. The Kier molecular flexibility index (Phi) is 8.21. The van der Waals surface area contributed by atoms with Crippen LogP contribution in [0.15, 0.2) is 69.0 Å². The second kappa shape index (κ2) is 11.3. The van der Waals surface area contributed by atoms with Gasteiger partial charge in [0.15, 0.2) is 16.7 Å². The second-order valence-corrected chi connectivity index (χ2v) is 10.2. The summed E-state index contributed by atoms with van der Waals surface area (Å²) >= 11 is 11.1. The van der Waals surface area contributed by atoms with E-state index in [2.05, 4.69) is 45.3 Å². The molecule has 0 aliphatic carbocycles. The number of carbonyl (C=O) groups excluding carboxylic acids is 1. The van der Waals surface area contributed by atoms with Crippen LogP contribution in [-0.4, -0.2) is 17.7 Å². The highest BCUT2D eigenvalue weighted by Crippen LogP contribution is 2.39. The quantitative estimate of drug-likeness (QED) is 0.297. The average Bonchev–Trinajstić information content (AvgIpc) is 3.16. The number of ether oxygens (including phenoxy) is 2. The lowest BCUT2D eigenvalue weighted by Crippen LogP contribution is -2.19. The fraction of sp³-hybridized carbons (Fsp3) is 0.185. The molecule has 1 saturated heterocycles. The number of aliphatic imine (C=N–C) groups is 1. The number of nitrogens with zero attached hydrogens (tertiary/aromatic N) is 1. The summed E-state index contributed by atoms with van der Waals surface area (Å²) in [5, 5.41) is 3.96. The number of rotatable bonds is 7. The van der Waals surface area contributed by atoms with Gasteiger partial charge in [0.2, 0.25) is 0 Å². The van der Waals surface area contributed by atoms with E-state index in [0.29, 0.717) is 39.8 Å². The van der Waals surface area contributed by atoms with Crippen LogP contribution < -0.4 is 14.8 Å². The fourth-order valence-corrected chi connectivity index (χ4v) is 4.95. The van der Waals surface area contributed by atoms with Crippen LogP contribution in [0.2, 0.25) is 5.02 Å². The van der Waals surface area contributed by atoms with E-state index in [9.17, 15) is 4.79 Å². The van der Waals surface area contributed by atoms with Crippen LogP contribution in [-0.2, 0) is 11.4 Å². The van der Waals surface area contributed by atoms with Crippen LogP contribution >= 0.6 is 39.3 Å². The van der Waals surface area contributed by atoms with Crippen LogP contribution in [0.3, 0.4) is 0 Å². The van der Waals surface area contributed by atoms with Crippen LogP contribution in [0.25, 0.3) is 6.08 Å². The first-order valence-electron chi connectivity index (χ1n) is 11.0. The summed E-state index contributed by atoms with van der Waals surface area (Å²) in [7, 11) is 0. The molecule has 5 nitrogen and oxygen atoms in total. The number of hydrogen-bond donors (Lipinski definition) is 1. The highest BCUT2D eigenvalue weighted by Gasteiger charge is 2.24. The molecule has 0 unspecified atom stereocenters. The minimum absolute atomic E-state index is 0.206. The predicted molar refractivity (Wildman–Crippen MR) is 148 cm³/mol. The molecule has 1 heterocycles. The van der Waals surface area contributed by atoms with Gasteiger partial charge in [0.05, 0.1) is 21.7 Å². The molecule has 1 aliphatic heterocycles. The maximum Gasteiger partial charge on any atom is 0.264 e. The molecular weight excluding hydrogens is 548 g/mol. The van der Waals surface area contributed by atoms with Crippen molar-refractivity contribution in [3.8, 4) is 11.5 Å². The number of aryl methyl sites for hydroxylation is 1. The topological polar surface area (TPSA) is 59.9 Å². The van der Waals surface area contributed by atoms with E-state index in [-0.39, 0.29) is 5.91 Å². The molecular formula is C27H24BrClN2O3S. The Morgan fingerprint density at radius 1 is 1.11 bits per heavy atom. The summed E-state index contributed by atoms with van der Waals surface area (Å²) in [6.07, 6.45) is 1.81. The Morgan fingerprint density at radius 2 is 1.89 bits per heavy atom. The van der Waals surface area contributed by atoms with Crippen molar-refractivity contribution in [2.24, 2.45) is 4.99 Å². The molecule has 35 heavy (non-hydrogen) atoms. The van der Waals surface area contributed by atoms with Crippen LogP contribution in [0.1, 0.15) is 29.2 Å². The van der Waals surface area contributed by atoms with Crippen molar-refractivity contribution >= 4 is 62.1 Å². The first-order valence-corrected chi connectivity index (χ1v) is 13.0. The van der Waals surface area contributed by atoms with E-state index >= 15 is 0 Å². The van der Waals surface area contributed by atoms with Crippen molar-refractivity contribution in [3.05, 3.63) is 91.3 Å². The molecule has 0 aromatic heterocycles. The minimum Gasteiger partial charge on any atom is -0.490 e. The van der Waals surface area contributed by atoms with Gasteiger partial charge in [0, 0.05) is 5.02 Å². The Labute approximate surface area is 222 Å². The van der Waals surface area contributed by atoms with Gasteiger partial charge in [-0.2, -0.15) is 0 Å². The molecule has 4 rings (SSSR count). The van der Waals surface area contributed by atoms with Crippen molar-refractivity contribution in [2.45, 2.75) is 27.4 Å². The molecule has 3 aromatic carbocycles. The molecule has 1 aliphatic rings. The number of carbonyl (C=O) groups is 1. The zero-order valence-electron chi connectivity index (χ0n) is 19.5. The predicted octanol–water partition coefficient (Wildman–Crippen LogP) is 7.59. The SMILES string of the molecule is CCOc1cc(/C=C2/SC(=Nc3cccc(Cl)c3C)NC2=O)cc(Br)c1OCc1ccc(C)cc1. The van der Waals surface area contributed by atoms with Crippen LogP contribution in [0.5, 0.6) is 11.5 Å². The van der Waals surface area contributed by atoms with Crippen molar-refractivity contribution in [1.29, 1.82) is 0 Å². The number of nitrogens with one attached hydrogen (secondary N) is 1. The first-order chi connectivity index (χ1) is 16.8. The van der Waals surface area contributed by atoms with E-state index in [4.69, 9.17) is 21.1 Å². The third kappa shape index (κ3) is 6.28. The van der Waals surface area contributed by atoms with Gasteiger partial charge in [-0.1, -0.05) is 47.5 Å². The largest absolute Gasteiger partial charge is 0.490 e. The summed E-state index contributed by atoms with van der Waals surface area (Å²) < 4.78 is 12.7. The molecule has 180 valence electrons. The van der Waals surface area contributed by atoms with E-state index in [1.54, 1.807) is 0 Å². The van der Waals surface area contributed by atoms with Crippen LogP contribution in [0.4, 0.5) is 5.69 Å². The smallest absolute Gasteiger partial charge is 0.264 e. The minimum atomic E-state index is -0.206. The van der Waals surface area contributed by atoms with Crippen molar-refractivity contribution in [3.63, 3.8) is 0 Å². The standard InChI is InChI=1S/C27H24BrClN2O3S/c1-4-33-23-13-19(12-20(28)25(23)34-15-18-10-8-16(2)9-11-18)14-24-26(32)31-27(35-24)30-22-7-5-6-21(29)17(22)3/h5-14H,4,15H2,1-3H3,(H,30,31,32)/b24-14+. The first kappa shape index (κ1) is 25.4. The monoisotopic (exact) mass is 570 g/mol. The second-order valence-electron chi connectivity index (χ2n) is 7.90. The Bertz CT molecular complexity index is 1320. The van der Waals surface area contributed by atoms with Crippen molar-refractivity contribution in [1.82, 2.24) is 5.32 Å². The summed E-state index contributed by atoms with van der Waals surface area (Å²) in [6.45, 7) is 6.77. The lowest BCUT2D eigenvalue weighted by atomic mass is 10.1. The Balaban J connectivity index is 1.56. The van der Waals surface area contributed by atoms with Gasteiger partial charge in [-0.3, -0.25) is 4.79 Å². The maximum absolute atomic E-state index is 12.6. The molecule has 0 radical (unpaired) electrons. The molecule has 3 aromatic rings. The molecule has 8 heteroatoms. The average molecular weight is 572 g/mol. The molecule has 1 amide bonds. The van der Waals surface area contributed by atoms with E-state index in [1.165, 1.54) is 17.3 Å². The van der Waals surface area contributed by atoms with Gasteiger partial charge >= 0.3 is 0 Å². The summed E-state index contributed by atoms with van der Waals surface area (Å²) in [4.78, 5) is 17.7. The van der Waals surface area contributed by atoms with E-state index in [0.717, 1.165) is 26.9 Å². The lowest BCUT2D eigenvalue weighted by molar-refractivity contribution is -0.115. The zero-order valence-corrected chi connectivity index (χ0v) is 22.7. The number of amides is 1. The molecule has 0 saturated carbocycles. The van der Waals surface area contributed by atoms with E-state index in [1.807, 2.05) is 62.4 Å². The Morgan fingerprint density at radius 3 is 2.63 bits per heavy atom. The van der Waals surface area contributed by atoms with Gasteiger partial charge < -0.3 is 14.8 Å². The van der Waals surface area contributed by atoms with Gasteiger partial charge in [0.1, 0.15) is 6.61 Å². The molecule has 1 N–H and O–H groups in total. The van der Waals surface area contributed by atoms with Gasteiger partial charge in [-0.25, -0.2) is 4.99 Å². The summed E-state index contributed by atoms with van der Waals surface area (Å²) in [6, 6.07) is 17.5. The maximum atomic E-state index is 12.6. The third-order valence-electron chi connectivity index (χ3n) is 5.25. The number of thioether (sulfide) groups is 1. The molecule has 0 bridgehead atoms. The van der Waals surface area contributed by atoms with Gasteiger partial charge in [-0.05, 0) is 95.5 Å². The van der Waals surface area contributed by atoms with Crippen molar-refractivity contribution in [2.75, 3.05) is 6.61 Å². The fourth-order valence-electron chi connectivity index (χ4n) is 3.37. The third-order valence-corrected chi connectivity index (χ3v) is 7.15. The highest BCUT2D eigenvalue weighted by molar-refractivity contribution is 9.10. The number of hydrogen-bond acceptors (Lipinski definition) is 5. The normalized spacial score (nSPS) is 15.5. The van der Waals surface area contributed by atoms with Gasteiger partial charge in [-0.15, -0.1) is 0 Å². The van der Waals surface area contributed by atoms with Crippen molar-refractivity contribution < 1.29 is 14.3 Å². The number of halogens is 2. The summed E-state index contributed by atoms with van der Waals surface area (Å²) in [5.41, 5.74) is 4.66. The molecule has 1 fully saturated rings. The van der Waals surface area contributed by atoms with E-state index < -0.39 is 0 Å². The number of amidine groups is 1. The van der Waals surface area contributed by atoms with Crippen LogP contribution in [0, 0.1) is 13.8 Å². The molecule has 0 atom stereocenters. The molecule has 0 spiro atoms. The Hall–Kier alpha value is -2.74.